The van der Waals surface area contributed by atoms with Crippen LogP contribution in [0.25, 0.3) is 0 Å². The van der Waals surface area contributed by atoms with Crippen LogP contribution in [0.3, 0.4) is 0 Å². The Labute approximate surface area is 84.6 Å². The molecular weight excluding hydrogens is 212 g/mol. The highest BCUT2D eigenvalue weighted by Gasteiger charge is 2.18. The van der Waals surface area contributed by atoms with Gasteiger partial charge in [0.1, 0.15) is 0 Å². The van der Waals surface area contributed by atoms with Crippen molar-refractivity contribution >= 4 is 15.9 Å². The van der Waals surface area contributed by atoms with Gasteiger partial charge in [0.05, 0.1) is 0 Å². The minimum Gasteiger partial charge on any atom is -0.0922 e. The van der Waals surface area contributed by atoms with Crippen molar-refractivity contribution in [3.8, 4) is 0 Å². The maximum Gasteiger partial charge on any atom is 0.00969 e. The summed E-state index contributed by atoms with van der Waals surface area (Å²) in [5, 5.41) is 1.15. The molecule has 2 unspecified atom stereocenters. The third kappa shape index (κ3) is 2.62. The molecule has 0 N–H and O–H groups in total. The van der Waals surface area contributed by atoms with Crippen molar-refractivity contribution in [1.29, 1.82) is 0 Å². The van der Waals surface area contributed by atoms with Crippen molar-refractivity contribution in [3.63, 3.8) is 0 Å². The molecule has 0 aromatic heterocycles. The average Bonchev–Trinajstić information content (AvgIpc) is 2.26. The summed E-state index contributed by atoms with van der Waals surface area (Å²) in [6.45, 7) is 4.56. The van der Waals surface area contributed by atoms with E-state index in [0.29, 0.717) is 0 Å². The van der Waals surface area contributed by atoms with Crippen molar-refractivity contribution in [1.82, 2.24) is 0 Å². The zero-order valence-corrected chi connectivity index (χ0v) is 9.73. The van der Waals surface area contributed by atoms with Crippen LogP contribution in [-0.4, -0.2) is 5.33 Å². The van der Waals surface area contributed by atoms with E-state index in [1.807, 2.05) is 0 Å². The van der Waals surface area contributed by atoms with Gasteiger partial charge in [-0.1, -0.05) is 47.3 Å². The zero-order valence-electron chi connectivity index (χ0n) is 8.15. The van der Waals surface area contributed by atoms with Crippen LogP contribution >= 0.6 is 15.9 Å². The molecule has 0 saturated heterocycles. The molecule has 1 fully saturated rings. The number of halogens is 1. The molecule has 70 valence electrons. The standard InChI is InChI=1S/C11H19Br/c1-3-10-7-9(2)5-4-6-11(10)8-12/h3,9,11H,4-8H2,1-2H3/b10-3-. The van der Waals surface area contributed by atoms with E-state index < -0.39 is 0 Å². The van der Waals surface area contributed by atoms with Crippen molar-refractivity contribution in [2.24, 2.45) is 11.8 Å². The van der Waals surface area contributed by atoms with Crippen LogP contribution in [0, 0.1) is 11.8 Å². The smallest absolute Gasteiger partial charge is 0.00969 e. The Balaban J connectivity index is 2.63. The summed E-state index contributed by atoms with van der Waals surface area (Å²) < 4.78 is 0. The van der Waals surface area contributed by atoms with Gasteiger partial charge in [-0.05, 0) is 31.6 Å². The van der Waals surface area contributed by atoms with E-state index >= 15 is 0 Å². The third-order valence-electron chi connectivity index (χ3n) is 2.92. The monoisotopic (exact) mass is 230 g/mol. The summed E-state index contributed by atoms with van der Waals surface area (Å²) in [5.41, 5.74) is 1.68. The minimum atomic E-state index is 0.819. The summed E-state index contributed by atoms with van der Waals surface area (Å²) in [6.07, 6.45) is 7.87. The maximum absolute atomic E-state index is 3.61. The molecular formula is C11H19Br. The fraction of sp³-hybridized carbons (Fsp3) is 0.818. The van der Waals surface area contributed by atoms with Gasteiger partial charge in [-0.15, -0.1) is 0 Å². The summed E-state index contributed by atoms with van der Waals surface area (Å²) in [7, 11) is 0. The first-order valence-corrected chi connectivity index (χ1v) is 6.11. The molecule has 0 aromatic rings. The molecule has 1 aliphatic rings. The number of rotatable bonds is 1. The van der Waals surface area contributed by atoms with E-state index in [0.717, 1.165) is 17.2 Å². The highest BCUT2D eigenvalue weighted by Crippen LogP contribution is 2.32. The number of allylic oxidation sites excluding steroid dienone is 2. The van der Waals surface area contributed by atoms with E-state index in [4.69, 9.17) is 0 Å². The second-order valence-electron chi connectivity index (χ2n) is 3.96. The van der Waals surface area contributed by atoms with Gasteiger partial charge in [-0.3, -0.25) is 0 Å². The molecule has 2 atom stereocenters. The Hall–Kier alpha value is 0.220. The Morgan fingerprint density at radius 1 is 1.50 bits per heavy atom. The van der Waals surface area contributed by atoms with Gasteiger partial charge < -0.3 is 0 Å². The molecule has 0 aliphatic heterocycles. The predicted octanol–water partition coefficient (Wildman–Crippen LogP) is 4.15. The van der Waals surface area contributed by atoms with Crippen LogP contribution in [0.1, 0.15) is 39.5 Å². The van der Waals surface area contributed by atoms with Gasteiger partial charge in [0.25, 0.3) is 0 Å². The second-order valence-corrected chi connectivity index (χ2v) is 4.60. The lowest BCUT2D eigenvalue weighted by molar-refractivity contribution is 0.528. The minimum absolute atomic E-state index is 0.819. The van der Waals surface area contributed by atoms with Crippen LogP contribution < -0.4 is 0 Å². The number of hydrogen-bond acceptors (Lipinski definition) is 0. The lowest BCUT2D eigenvalue weighted by Gasteiger charge is -2.15. The molecule has 0 aromatic carbocycles. The van der Waals surface area contributed by atoms with E-state index in [2.05, 4.69) is 35.9 Å². The molecule has 0 spiro atoms. The van der Waals surface area contributed by atoms with E-state index in [1.54, 1.807) is 5.57 Å². The van der Waals surface area contributed by atoms with Gasteiger partial charge in [-0.2, -0.15) is 0 Å². The fourth-order valence-corrected chi connectivity index (χ4v) is 2.84. The first kappa shape index (κ1) is 10.3. The Kier molecular flexibility index (Phi) is 4.34. The van der Waals surface area contributed by atoms with Gasteiger partial charge in [0.15, 0.2) is 0 Å². The Morgan fingerprint density at radius 3 is 2.83 bits per heavy atom. The SMILES string of the molecule is C/C=C1/CC(C)CCCC1CBr. The van der Waals surface area contributed by atoms with Crippen molar-refractivity contribution in [2.45, 2.75) is 39.5 Å². The number of hydrogen-bond donors (Lipinski definition) is 0. The molecule has 1 saturated carbocycles. The van der Waals surface area contributed by atoms with Crippen LogP contribution in [-0.2, 0) is 0 Å². The average molecular weight is 231 g/mol. The molecule has 0 nitrogen and oxygen atoms in total. The summed E-state index contributed by atoms with van der Waals surface area (Å²) in [4.78, 5) is 0. The highest BCUT2D eigenvalue weighted by molar-refractivity contribution is 9.09. The van der Waals surface area contributed by atoms with Gasteiger partial charge >= 0.3 is 0 Å². The first-order valence-electron chi connectivity index (χ1n) is 4.99. The second kappa shape index (κ2) is 5.06. The van der Waals surface area contributed by atoms with Crippen LogP contribution in [0.4, 0.5) is 0 Å². The lowest BCUT2D eigenvalue weighted by atomic mass is 9.94. The maximum atomic E-state index is 3.61. The lowest BCUT2D eigenvalue weighted by Crippen LogP contribution is -2.04. The first-order chi connectivity index (χ1) is 5.77. The molecule has 0 bridgehead atoms. The van der Waals surface area contributed by atoms with Crippen molar-refractivity contribution < 1.29 is 0 Å². The predicted molar refractivity (Wildman–Crippen MR) is 58.7 cm³/mol. The Morgan fingerprint density at radius 2 is 2.25 bits per heavy atom. The molecule has 0 amide bonds. The molecule has 12 heavy (non-hydrogen) atoms. The largest absolute Gasteiger partial charge is 0.0922 e. The van der Waals surface area contributed by atoms with Crippen LogP contribution in [0.15, 0.2) is 11.6 Å². The van der Waals surface area contributed by atoms with Crippen LogP contribution in [0.5, 0.6) is 0 Å². The molecule has 1 aliphatic carbocycles. The van der Waals surface area contributed by atoms with Gasteiger partial charge in [0.2, 0.25) is 0 Å². The van der Waals surface area contributed by atoms with E-state index in [-0.39, 0.29) is 0 Å². The zero-order chi connectivity index (χ0) is 8.97. The quantitative estimate of drug-likeness (QED) is 0.361. The molecule has 1 rings (SSSR count). The fourth-order valence-electron chi connectivity index (χ4n) is 2.10. The van der Waals surface area contributed by atoms with Gasteiger partial charge in [-0.25, -0.2) is 0 Å². The normalized spacial score (nSPS) is 35.1. The van der Waals surface area contributed by atoms with Gasteiger partial charge in [0, 0.05) is 5.33 Å². The molecule has 0 radical (unpaired) electrons. The van der Waals surface area contributed by atoms with E-state index in [1.165, 1.54) is 25.7 Å². The third-order valence-corrected chi connectivity index (χ3v) is 3.70. The van der Waals surface area contributed by atoms with Crippen molar-refractivity contribution in [2.75, 3.05) is 5.33 Å². The summed E-state index contributed by atoms with van der Waals surface area (Å²) >= 11 is 3.61. The number of alkyl halides is 1. The van der Waals surface area contributed by atoms with E-state index in [9.17, 15) is 0 Å². The molecule has 0 heterocycles. The summed E-state index contributed by atoms with van der Waals surface area (Å²) in [6, 6.07) is 0. The Bertz CT molecular complexity index is 160. The highest BCUT2D eigenvalue weighted by atomic mass is 79.9. The van der Waals surface area contributed by atoms with Crippen molar-refractivity contribution in [3.05, 3.63) is 11.6 Å². The van der Waals surface area contributed by atoms with Crippen LogP contribution in [0.2, 0.25) is 0 Å². The topological polar surface area (TPSA) is 0 Å². The summed E-state index contributed by atoms with van der Waals surface area (Å²) in [5.74, 6) is 1.72. The molecule has 1 heteroatoms.